The van der Waals surface area contributed by atoms with Gasteiger partial charge in [-0.2, -0.15) is 11.8 Å². The lowest BCUT2D eigenvalue weighted by molar-refractivity contribution is -0.156. The van der Waals surface area contributed by atoms with Crippen molar-refractivity contribution in [1.82, 2.24) is 0 Å². The van der Waals surface area contributed by atoms with Crippen molar-refractivity contribution in [3.63, 3.8) is 0 Å². The molecule has 1 saturated heterocycles. The second kappa shape index (κ2) is 4.68. The number of carboxylic acid groups (broad SMARTS) is 1. The van der Waals surface area contributed by atoms with E-state index in [2.05, 4.69) is 4.74 Å². The summed E-state index contributed by atoms with van der Waals surface area (Å²) in [5, 5.41) is 9.11. The summed E-state index contributed by atoms with van der Waals surface area (Å²) in [4.78, 5) is 22.2. The zero-order valence-corrected chi connectivity index (χ0v) is 8.93. The first-order valence-electron chi connectivity index (χ1n) is 4.49. The van der Waals surface area contributed by atoms with Crippen molar-refractivity contribution in [2.45, 2.75) is 19.3 Å². The van der Waals surface area contributed by atoms with Crippen LogP contribution in [-0.2, 0) is 14.3 Å². The van der Waals surface area contributed by atoms with E-state index in [1.54, 1.807) is 11.8 Å². The molecule has 14 heavy (non-hydrogen) atoms. The molecule has 0 bridgehead atoms. The zero-order valence-electron chi connectivity index (χ0n) is 8.12. The van der Waals surface area contributed by atoms with Crippen LogP contribution in [0, 0.1) is 5.41 Å². The number of thioether (sulfide) groups is 1. The zero-order chi connectivity index (χ0) is 10.6. The number of carbonyl (C=O) groups excluding carboxylic acids is 1. The topological polar surface area (TPSA) is 63.6 Å². The first kappa shape index (κ1) is 11.4. The number of hydrogen-bond acceptors (Lipinski definition) is 4. The van der Waals surface area contributed by atoms with Crippen LogP contribution in [0.25, 0.3) is 0 Å². The van der Waals surface area contributed by atoms with Crippen LogP contribution in [-0.4, -0.2) is 35.7 Å². The Hall–Kier alpha value is -0.710. The highest BCUT2D eigenvalue weighted by atomic mass is 32.2. The maximum Gasteiger partial charge on any atom is 0.311 e. The number of esters is 1. The van der Waals surface area contributed by atoms with Crippen molar-refractivity contribution in [2.24, 2.45) is 5.41 Å². The summed E-state index contributed by atoms with van der Waals surface area (Å²) in [6.07, 6.45) is 1.42. The molecule has 0 aromatic heterocycles. The summed E-state index contributed by atoms with van der Waals surface area (Å²) in [6.45, 7) is 0. The molecule has 5 heteroatoms. The molecule has 1 rings (SSSR count). The molecule has 0 spiro atoms. The van der Waals surface area contributed by atoms with Crippen LogP contribution >= 0.6 is 11.8 Å². The van der Waals surface area contributed by atoms with Gasteiger partial charge in [0.05, 0.1) is 18.9 Å². The molecule has 1 aliphatic heterocycles. The minimum Gasteiger partial charge on any atom is -0.481 e. The lowest BCUT2D eigenvalue weighted by atomic mass is 9.82. The van der Waals surface area contributed by atoms with Crippen LogP contribution in [0.1, 0.15) is 19.3 Å². The van der Waals surface area contributed by atoms with E-state index in [9.17, 15) is 9.59 Å². The fourth-order valence-corrected chi connectivity index (χ4v) is 2.84. The third-order valence-electron chi connectivity index (χ3n) is 2.49. The molecule has 1 fully saturated rings. The molecule has 0 aliphatic carbocycles. The predicted molar refractivity (Wildman–Crippen MR) is 53.3 cm³/mol. The van der Waals surface area contributed by atoms with Crippen LogP contribution in [0.2, 0.25) is 0 Å². The number of methoxy groups -OCH3 is 1. The number of rotatable bonds is 3. The summed E-state index contributed by atoms with van der Waals surface area (Å²) in [5.74, 6) is 0.179. The number of carboxylic acids is 1. The van der Waals surface area contributed by atoms with Crippen LogP contribution in [0.4, 0.5) is 0 Å². The van der Waals surface area contributed by atoms with E-state index >= 15 is 0 Å². The van der Waals surface area contributed by atoms with Gasteiger partial charge in [-0.15, -0.1) is 0 Å². The third kappa shape index (κ3) is 2.41. The van der Waals surface area contributed by atoms with E-state index in [4.69, 9.17) is 5.11 Å². The van der Waals surface area contributed by atoms with Gasteiger partial charge in [-0.3, -0.25) is 9.59 Å². The summed E-state index contributed by atoms with van der Waals surface area (Å²) in [7, 11) is 1.29. The van der Waals surface area contributed by atoms with Crippen LogP contribution < -0.4 is 0 Å². The standard InChI is InChI=1S/C9H14O4S/c1-13-7(10)5-9(8(11)12)3-2-4-14-6-9/h2-6H2,1H3,(H,11,12). The van der Waals surface area contributed by atoms with Gasteiger partial charge in [-0.05, 0) is 18.6 Å². The molecule has 80 valence electrons. The minimum atomic E-state index is -0.893. The largest absolute Gasteiger partial charge is 0.481 e. The molecule has 0 amide bonds. The summed E-state index contributed by atoms with van der Waals surface area (Å²) < 4.78 is 4.52. The quantitative estimate of drug-likeness (QED) is 0.720. The average molecular weight is 218 g/mol. The van der Waals surface area contributed by atoms with Crippen molar-refractivity contribution in [1.29, 1.82) is 0 Å². The summed E-state index contributed by atoms with van der Waals surface area (Å²) in [6, 6.07) is 0. The molecule has 1 atom stereocenters. The Morgan fingerprint density at radius 3 is 2.71 bits per heavy atom. The van der Waals surface area contributed by atoms with Gasteiger partial charge in [-0.1, -0.05) is 0 Å². The van der Waals surface area contributed by atoms with Gasteiger partial charge in [0, 0.05) is 5.75 Å². The Labute approximate surface area is 87.0 Å². The Morgan fingerprint density at radius 1 is 1.57 bits per heavy atom. The van der Waals surface area contributed by atoms with E-state index in [0.717, 1.165) is 12.2 Å². The van der Waals surface area contributed by atoms with Gasteiger partial charge in [0.2, 0.25) is 0 Å². The predicted octanol–water partition coefficient (Wildman–Crippen LogP) is 1.15. The van der Waals surface area contributed by atoms with Crippen molar-refractivity contribution >= 4 is 23.7 Å². The van der Waals surface area contributed by atoms with Crippen LogP contribution in [0.15, 0.2) is 0 Å². The fourth-order valence-electron chi connectivity index (χ4n) is 1.58. The van der Waals surface area contributed by atoms with Crippen molar-refractivity contribution < 1.29 is 19.4 Å². The maximum absolute atomic E-state index is 11.1. The monoisotopic (exact) mass is 218 g/mol. The molecule has 0 saturated carbocycles. The molecule has 1 aliphatic rings. The average Bonchev–Trinajstić information content (AvgIpc) is 2.19. The highest BCUT2D eigenvalue weighted by Gasteiger charge is 2.42. The minimum absolute atomic E-state index is 0.00810. The van der Waals surface area contributed by atoms with Gasteiger partial charge in [0.1, 0.15) is 0 Å². The highest BCUT2D eigenvalue weighted by molar-refractivity contribution is 7.99. The number of ether oxygens (including phenoxy) is 1. The van der Waals surface area contributed by atoms with E-state index in [1.807, 2.05) is 0 Å². The molecule has 0 aromatic carbocycles. The number of aliphatic carboxylic acids is 1. The van der Waals surface area contributed by atoms with Gasteiger partial charge in [-0.25, -0.2) is 0 Å². The van der Waals surface area contributed by atoms with E-state index in [0.29, 0.717) is 12.2 Å². The van der Waals surface area contributed by atoms with Crippen molar-refractivity contribution in [3.05, 3.63) is 0 Å². The van der Waals surface area contributed by atoms with E-state index in [-0.39, 0.29) is 6.42 Å². The normalized spacial score (nSPS) is 26.9. The van der Waals surface area contributed by atoms with Gasteiger partial charge in [0.15, 0.2) is 0 Å². The maximum atomic E-state index is 11.1. The first-order valence-corrected chi connectivity index (χ1v) is 5.64. The molecule has 4 nitrogen and oxygen atoms in total. The molecular weight excluding hydrogens is 204 g/mol. The molecular formula is C9H14O4S. The second-order valence-electron chi connectivity index (χ2n) is 3.49. The van der Waals surface area contributed by atoms with Gasteiger partial charge < -0.3 is 9.84 Å². The Kier molecular flexibility index (Phi) is 3.80. The lowest BCUT2D eigenvalue weighted by Crippen LogP contribution is -2.38. The molecule has 1 heterocycles. The second-order valence-corrected chi connectivity index (χ2v) is 4.60. The van der Waals surface area contributed by atoms with Crippen LogP contribution in [0.3, 0.4) is 0 Å². The number of hydrogen-bond donors (Lipinski definition) is 1. The van der Waals surface area contributed by atoms with Crippen molar-refractivity contribution in [2.75, 3.05) is 18.6 Å². The molecule has 0 aromatic rings. The highest BCUT2D eigenvalue weighted by Crippen LogP contribution is 2.38. The Bertz CT molecular complexity index is 233. The summed E-state index contributed by atoms with van der Waals surface area (Å²) in [5.41, 5.74) is -0.893. The first-order chi connectivity index (χ1) is 6.60. The Morgan fingerprint density at radius 2 is 2.29 bits per heavy atom. The van der Waals surface area contributed by atoms with Crippen molar-refractivity contribution in [3.8, 4) is 0 Å². The van der Waals surface area contributed by atoms with Gasteiger partial charge >= 0.3 is 11.9 Å². The molecule has 1 unspecified atom stereocenters. The molecule has 0 radical (unpaired) electrons. The Balaban J connectivity index is 2.70. The third-order valence-corrected chi connectivity index (χ3v) is 3.82. The SMILES string of the molecule is COC(=O)CC1(C(=O)O)CCCSC1. The number of carbonyl (C=O) groups is 2. The molecule has 1 N–H and O–H groups in total. The van der Waals surface area contributed by atoms with Gasteiger partial charge in [0.25, 0.3) is 0 Å². The van der Waals surface area contributed by atoms with E-state index < -0.39 is 17.4 Å². The lowest BCUT2D eigenvalue weighted by Gasteiger charge is -2.31. The fraction of sp³-hybridized carbons (Fsp3) is 0.778. The van der Waals surface area contributed by atoms with E-state index in [1.165, 1.54) is 7.11 Å². The smallest absolute Gasteiger partial charge is 0.311 e. The summed E-state index contributed by atoms with van der Waals surface area (Å²) >= 11 is 1.59. The van der Waals surface area contributed by atoms with Crippen LogP contribution in [0.5, 0.6) is 0 Å².